The molecule has 22 heavy (non-hydrogen) atoms. The van der Waals surface area contributed by atoms with Crippen LogP contribution >= 0.6 is 0 Å². The molecule has 0 radical (unpaired) electrons. The molecule has 1 heterocycles. The Morgan fingerprint density at radius 2 is 2.05 bits per heavy atom. The Morgan fingerprint density at radius 3 is 2.64 bits per heavy atom. The van der Waals surface area contributed by atoms with Crippen LogP contribution in [0.15, 0.2) is 30.5 Å². The van der Waals surface area contributed by atoms with E-state index in [1.807, 2.05) is 50.1 Å². The lowest BCUT2D eigenvalue weighted by atomic mass is 10.1. The molecular weight excluding hydrogens is 276 g/mol. The van der Waals surface area contributed by atoms with Crippen LogP contribution in [0.1, 0.15) is 44.7 Å². The highest BCUT2D eigenvalue weighted by atomic mass is 16.6. The van der Waals surface area contributed by atoms with Gasteiger partial charge in [-0.1, -0.05) is 12.1 Å². The highest BCUT2D eigenvalue weighted by Gasteiger charge is 2.32. The van der Waals surface area contributed by atoms with Crippen molar-refractivity contribution < 1.29 is 9.53 Å². The van der Waals surface area contributed by atoms with E-state index in [2.05, 4.69) is 6.07 Å². The van der Waals surface area contributed by atoms with E-state index in [0.717, 1.165) is 24.9 Å². The number of rotatable bonds is 3. The number of benzene rings is 1. The molecule has 1 unspecified atom stereocenters. The van der Waals surface area contributed by atoms with Gasteiger partial charge in [0, 0.05) is 12.7 Å². The van der Waals surface area contributed by atoms with Gasteiger partial charge in [-0.25, -0.2) is 4.79 Å². The van der Waals surface area contributed by atoms with E-state index in [9.17, 15) is 4.79 Å². The Kier molecular flexibility index (Phi) is 4.87. The van der Waals surface area contributed by atoms with Crippen molar-refractivity contribution in [1.29, 1.82) is 5.26 Å². The van der Waals surface area contributed by atoms with Crippen LogP contribution in [0.5, 0.6) is 0 Å². The summed E-state index contributed by atoms with van der Waals surface area (Å²) in [4.78, 5) is 14.3. The molecule has 1 aliphatic rings. The van der Waals surface area contributed by atoms with Crippen LogP contribution in [-0.4, -0.2) is 29.1 Å². The van der Waals surface area contributed by atoms with Crippen molar-refractivity contribution in [2.24, 2.45) is 0 Å². The van der Waals surface area contributed by atoms with Gasteiger partial charge in [0.15, 0.2) is 0 Å². The molecule has 0 N–H and O–H groups in total. The first-order valence-electron chi connectivity index (χ1n) is 7.56. The number of hydrogen-bond acceptors (Lipinski definition) is 4. The zero-order valence-corrected chi connectivity index (χ0v) is 13.4. The predicted molar refractivity (Wildman–Crippen MR) is 85.8 cm³/mol. The van der Waals surface area contributed by atoms with Gasteiger partial charge < -0.3 is 9.64 Å². The molecule has 1 aromatic rings. The molecule has 2 rings (SSSR count). The quantitative estimate of drug-likeness (QED) is 0.803. The summed E-state index contributed by atoms with van der Waals surface area (Å²) in [6.45, 7) is 6.51. The van der Waals surface area contributed by atoms with Gasteiger partial charge in [0.2, 0.25) is 0 Å². The second-order valence-electron chi connectivity index (χ2n) is 6.48. The maximum Gasteiger partial charge on any atom is 0.329 e. The predicted octanol–water partition coefficient (Wildman–Crippen LogP) is 3.34. The third-order valence-corrected chi connectivity index (χ3v) is 3.47. The van der Waals surface area contributed by atoms with Gasteiger partial charge in [-0.2, -0.15) is 5.26 Å². The van der Waals surface area contributed by atoms with Gasteiger partial charge in [-0.05, 0) is 57.4 Å². The molecule has 0 spiro atoms. The number of nitriles is 1. The molecule has 0 aromatic heterocycles. The summed E-state index contributed by atoms with van der Waals surface area (Å²) < 4.78 is 5.48. The molecule has 4 nitrogen and oxygen atoms in total. The molecule has 1 aliphatic heterocycles. The van der Waals surface area contributed by atoms with Crippen LogP contribution in [0.2, 0.25) is 0 Å². The minimum atomic E-state index is -0.456. The van der Waals surface area contributed by atoms with Crippen LogP contribution < -0.4 is 0 Å². The Morgan fingerprint density at radius 1 is 1.36 bits per heavy atom. The normalized spacial score (nSPS) is 18.5. The molecule has 4 heteroatoms. The summed E-state index contributed by atoms with van der Waals surface area (Å²) in [6.07, 6.45) is 5.72. The van der Waals surface area contributed by atoms with Crippen molar-refractivity contribution >= 4 is 12.0 Å². The SMILES string of the molecule is CC(C)(C)OC(=O)C1CCCN1C=Cc1ccc(C#N)cc1. The largest absolute Gasteiger partial charge is 0.458 e. The summed E-state index contributed by atoms with van der Waals surface area (Å²) in [5, 5.41) is 8.79. The first-order valence-corrected chi connectivity index (χ1v) is 7.56. The maximum atomic E-state index is 12.2. The van der Waals surface area contributed by atoms with Gasteiger partial charge in [0.05, 0.1) is 11.6 Å². The summed E-state index contributed by atoms with van der Waals surface area (Å²) in [6, 6.07) is 9.27. The highest BCUT2D eigenvalue weighted by molar-refractivity contribution is 5.77. The molecular formula is C18H22N2O2. The third kappa shape index (κ3) is 4.36. The topological polar surface area (TPSA) is 53.3 Å². The minimum absolute atomic E-state index is 0.158. The Labute approximate surface area is 132 Å². The lowest BCUT2D eigenvalue weighted by molar-refractivity contribution is -0.159. The number of ether oxygens (including phenoxy) is 1. The third-order valence-electron chi connectivity index (χ3n) is 3.47. The fraction of sp³-hybridized carbons (Fsp3) is 0.444. The van der Waals surface area contributed by atoms with Gasteiger partial charge in [0.1, 0.15) is 11.6 Å². The molecule has 1 saturated heterocycles. The monoisotopic (exact) mass is 298 g/mol. The van der Waals surface area contributed by atoms with Gasteiger partial charge in [-0.3, -0.25) is 0 Å². The smallest absolute Gasteiger partial charge is 0.329 e. The number of nitrogens with zero attached hydrogens (tertiary/aromatic N) is 2. The van der Waals surface area contributed by atoms with E-state index < -0.39 is 5.60 Å². The van der Waals surface area contributed by atoms with E-state index in [1.165, 1.54) is 0 Å². The highest BCUT2D eigenvalue weighted by Crippen LogP contribution is 2.22. The van der Waals surface area contributed by atoms with Crippen molar-refractivity contribution in [2.45, 2.75) is 45.3 Å². The van der Waals surface area contributed by atoms with E-state index in [0.29, 0.717) is 5.56 Å². The maximum absolute atomic E-state index is 12.2. The second kappa shape index (κ2) is 6.65. The van der Waals surface area contributed by atoms with Crippen molar-refractivity contribution in [3.05, 3.63) is 41.6 Å². The van der Waals surface area contributed by atoms with Crippen LogP contribution in [0.25, 0.3) is 6.08 Å². The van der Waals surface area contributed by atoms with Crippen molar-refractivity contribution in [3.63, 3.8) is 0 Å². The summed E-state index contributed by atoms with van der Waals surface area (Å²) in [5.74, 6) is -0.158. The van der Waals surface area contributed by atoms with Crippen LogP contribution in [-0.2, 0) is 9.53 Å². The van der Waals surface area contributed by atoms with Crippen LogP contribution in [0.4, 0.5) is 0 Å². The average molecular weight is 298 g/mol. The number of carbonyl (C=O) groups is 1. The van der Waals surface area contributed by atoms with E-state index >= 15 is 0 Å². The number of likely N-dealkylation sites (tertiary alicyclic amines) is 1. The first kappa shape index (κ1) is 16.1. The molecule has 1 aromatic carbocycles. The van der Waals surface area contributed by atoms with Gasteiger partial charge in [-0.15, -0.1) is 0 Å². The second-order valence-corrected chi connectivity index (χ2v) is 6.48. The number of hydrogen-bond donors (Lipinski definition) is 0. The first-order chi connectivity index (χ1) is 10.4. The molecule has 0 aliphatic carbocycles. The van der Waals surface area contributed by atoms with Gasteiger partial charge >= 0.3 is 5.97 Å². The summed E-state index contributed by atoms with van der Waals surface area (Å²) in [7, 11) is 0. The van der Waals surface area contributed by atoms with Crippen LogP contribution in [0.3, 0.4) is 0 Å². The fourth-order valence-corrected chi connectivity index (χ4v) is 2.44. The lowest BCUT2D eigenvalue weighted by Gasteiger charge is -2.26. The molecule has 0 amide bonds. The minimum Gasteiger partial charge on any atom is -0.458 e. The Balaban J connectivity index is 2.02. The molecule has 0 bridgehead atoms. The van der Waals surface area contributed by atoms with Gasteiger partial charge in [0.25, 0.3) is 0 Å². The molecule has 1 fully saturated rings. The van der Waals surface area contributed by atoms with Crippen LogP contribution in [0, 0.1) is 11.3 Å². The number of esters is 1. The molecule has 1 atom stereocenters. The van der Waals surface area contributed by atoms with E-state index in [-0.39, 0.29) is 12.0 Å². The van der Waals surface area contributed by atoms with Crippen molar-refractivity contribution in [2.75, 3.05) is 6.54 Å². The van der Waals surface area contributed by atoms with Crippen molar-refractivity contribution in [1.82, 2.24) is 4.90 Å². The Hall–Kier alpha value is -2.28. The Bertz CT molecular complexity index is 591. The fourth-order valence-electron chi connectivity index (χ4n) is 2.44. The zero-order valence-electron chi connectivity index (χ0n) is 13.4. The summed E-state index contributed by atoms with van der Waals surface area (Å²) >= 11 is 0. The number of carbonyl (C=O) groups excluding carboxylic acids is 1. The standard InChI is InChI=1S/C18H22N2O2/c1-18(2,3)22-17(21)16-5-4-11-20(16)12-10-14-6-8-15(13-19)9-7-14/h6-10,12,16H,4-5,11H2,1-3H3. The van der Waals surface area contributed by atoms with E-state index in [1.54, 1.807) is 12.1 Å². The lowest BCUT2D eigenvalue weighted by Crippen LogP contribution is -2.37. The summed E-state index contributed by atoms with van der Waals surface area (Å²) in [5.41, 5.74) is 1.20. The zero-order chi connectivity index (χ0) is 16.2. The van der Waals surface area contributed by atoms with E-state index in [4.69, 9.17) is 10.00 Å². The molecule has 116 valence electrons. The molecule has 0 saturated carbocycles. The van der Waals surface area contributed by atoms with Crippen molar-refractivity contribution in [3.8, 4) is 6.07 Å². The average Bonchev–Trinajstić information content (AvgIpc) is 2.92.